The van der Waals surface area contributed by atoms with Crippen molar-refractivity contribution in [1.29, 1.82) is 0 Å². The van der Waals surface area contributed by atoms with E-state index in [0.29, 0.717) is 0 Å². The van der Waals surface area contributed by atoms with Crippen molar-refractivity contribution in [3.05, 3.63) is 23.8 Å². The highest BCUT2D eigenvalue weighted by atomic mass is 15.1. The van der Waals surface area contributed by atoms with Crippen molar-refractivity contribution < 1.29 is 0 Å². The molecule has 1 rings (SSSR count). The van der Waals surface area contributed by atoms with Gasteiger partial charge in [-0.3, -0.25) is 0 Å². The van der Waals surface area contributed by atoms with Gasteiger partial charge in [0, 0.05) is 25.8 Å². The van der Waals surface area contributed by atoms with Crippen molar-refractivity contribution in [1.82, 2.24) is 20.2 Å². The highest BCUT2D eigenvalue weighted by molar-refractivity contribution is 5.00. The molecule has 0 atom stereocenters. The van der Waals surface area contributed by atoms with Crippen LogP contribution in [-0.4, -0.2) is 41.5 Å². The minimum atomic E-state index is 0.820. The Bertz CT molecular complexity index is 288. The minimum Gasteiger partial charge on any atom is -0.310 e. The van der Waals surface area contributed by atoms with Crippen LogP contribution in [0.25, 0.3) is 0 Å². The normalized spacial score (nSPS) is 10.9. The van der Waals surface area contributed by atoms with Crippen molar-refractivity contribution in [3.8, 4) is 0 Å². The molecule has 0 spiro atoms. The molecule has 0 bridgehead atoms. The van der Waals surface area contributed by atoms with Crippen LogP contribution < -0.4 is 5.32 Å². The SMILES string of the molecule is CCN(C)CCNCc1ccnc(C)n1. The van der Waals surface area contributed by atoms with Gasteiger partial charge in [-0.2, -0.15) is 0 Å². The highest BCUT2D eigenvalue weighted by Gasteiger charge is 1.96. The number of likely N-dealkylation sites (N-methyl/N-ethyl adjacent to an activating group) is 1. The molecule has 0 aliphatic carbocycles. The van der Waals surface area contributed by atoms with E-state index in [-0.39, 0.29) is 0 Å². The molecule has 0 aliphatic rings. The van der Waals surface area contributed by atoms with Crippen LogP contribution in [0.15, 0.2) is 12.3 Å². The number of rotatable bonds is 6. The van der Waals surface area contributed by atoms with Crippen molar-refractivity contribution in [2.75, 3.05) is 26.7 Å². The summed E-state index contributed by atoms with van der Waals surface area (Å²) in [6.45, 7) is 8.05. The van der Waals surface area contributed by atoms with Crippen LogP contribution >= 0.6 is 0 Å². The van der Waals surface area contributed by atoms with Crippen LogP contribution in [0.1, 0.15) is 18.4 Å². The molecule has 0 amide bonds. The maximum Gasteiger partial charge on any atom is 0.125 e. The second-order valence-corrected chi connectivity index (χ2v) is 3.67. The Hall–Kier alpha value is -1.00. The Kier molecular flexibility index (Phi) is 5.21. The van der Waals surface area contributed by atoms with Crippen LogP contribution in [-0.2, 0) is 6.54 Å². The number of hydrogen-bond donors (Lipinski definition) is 1. The van der Waals surface area contributed by atoms with E-state index in [1.807, 2.05) is 13.0 Å². The molecule has 0 fully saturated rings. The van der Waals surface area contributed by atoms with Crippen molar-refractivity contribution in [3.63, 3.8) is 0 Å². The van der Waals surface area contributed by atoms with E-state index in [4.69, 9.17) is 0 Å². The van der Waals surface area contributed by atoms with E-state index in [9.17, 15) is 0 Å². The summed E-state index contributed by atoms with van der Waals surface area (Å²) in [7, 11) is 2.12. The molecule has 0 aliphatic heterocycles. The first kappa shape index (κ1) is 12.1. The molecule has 1 N–H and O–H groups in total. The van der Waals surface area contributed by atoms with Crippen LogP contribution in [0.5, 0.6) is 0 Å². The lowest BCUT2D eigenvalue weighted by molar-refractivity contribution is 0.348. The predicted octanol–water partition coefficient (Wildman–Crippen LogP) is 0.826. The number of nitrogens with zero attached hydrogens (tertiary/aromatic N) is 3. The van der Waals surface area contributed by atoms with E-state index in [1.54, 1.807) is 6.20 Å². The summed E-state index contributed by atoms with van der Waals surface area (Å²) < 4.78 is 0. The van der Waals surface area contributed by atoms with Crippen molar-refractivity contribution in [2.24, 2.45) is 0 Å². The molecule has 0 aromatic carbocycles. The zero-order chi connectivity index (χ0) is 11.1. The Morgan fingerprint density at radius 3 is 2.93 bits per heavy atom. The van der Waals surface area contributed by atoms with Gasteiger partial charge in [0.15, 0.2) is 0 Å². The number of hydrogen-bond acceptors (Lipinski definition) is 4. The molecule has 0 saturated heterocycles. The van der Waals surface area contributed by atoms with Gasteiger partial charge in [0.1, 0.15) is 5.82 Å². The minimum absolute atomic E-state index is 0.820. The average molecular weight is 208 g/mol. The van der Waals surface area contributed by atoms with Gasteiger partial charge in [-0.05, 0) is 26.6 Å². The van der Waals surface area contributed by atoms with Gasteiger partial charge in [-0.15, -0.1) is 0 Å². The second-order valence-electron chi connectivity index (χ2n) is 3.67. The van der Waals surface area contributed by atoms with Gasteiger partial charge < -0.3 is 10.2 Å². The number of nitrogens with one attached hydrogen (secondary N) is 1. The van der Waals surface area contributed by atoms with E-state index < -0.39 is 0 Å². The smallest absolute Gasteiger partial charge is 0.125 e. The van der Waals surface area contributed by atoms with Gasteiger partial charge in [-0.25, -0.2) is 9.97 Å². The molecule has 1 heterocycles. The fraction of sp³-hybridized carbons (Fsp3) is 0.636. The predicted molar refractivity (Wildman–Crippen MR) is 61.6 cm³/mol. The Balaban J connectivity index is 2.20. The molecule has 15 heavy (non-hydrogen) atoms. The summed E-state index contributed by atoms with van der Waals surface area (Å²) in [5.74, 6) is 0.833. The molecular weight excluding hydrogens is 188 g/mol. The van der Waals surface area contributed by atoms with Crippen LogP contribution in [0.2, 0.25) is 0 Å². The first-order chi connectivity index (χ1) is 7.22. The summed E-state index contributed by atoms with van der Waals surface area (Å²) in [6, 6.07) is 1.95. The van der Waals surface area contributed by atoms with E-state index in [1.165, 1.54) is 0 Å². The molecule has 0 saturated carbocycles. The van der Waals surface area contributed by atoms with Crippen LogP contribution in [0.3, 0.4) is 0 Å². The summed E-state index contributed by atoms with van der Waals surface area (Å²) in [4.78, 5) is 10.7. The zero-order valence-electron chi connectivity index (χ0n) is 9.82. The monoisotopic (exact) mass is 208 g/mol. The quantitative estimate of drug-likeness (QED) is 0.703. The Morgan fingerprint density at radius 1 is 1.47 bits per heavy atom. The third-order valence-corrected chi connectivity index (χ3v) is 2.35. The lowest BCUT2D eigenvalue weighted by atomic mass is 10.4. The fourth-order valence-corrected chi connectivity index (χ4v) is 1.25. The van der Waals surface area contributed by atoms with Gasteiger partial charge in [-0.1, -0.05) is 6.92 Å². The van der Waals surface area contributed by atoms with Crippen molar-refractivity contribution >= 4 is 0 Å². The van der Waals surface area contributed by atoms with Crippen molar-refractivity contribution in [2.45, 2.75) is 20.4 Å². The molecule has 84 valence electrons. The second kappa shape index (κ2) is 6.48. The maximum atomic E-state index is 4.32. The summed E-state index contributed by atoms with van der Waals surface area (Å²) in [6.07, 6.45) is 1.80. The van der Waals surface area contributed by atoms with Crippen LogP contribution in [0, 0.1) is 6.92 Å². The summed E-state index contributed by atoms with van der Waals surface area (Å²) >= 11 is 0. The standard InChI is InChI=1S/C11H20N4/c1-4-15(3)8-7-12-9-11-5-6-13-10(2)14-11/h5-6,12H,4,7-9H2,1-3H3. The maximum absolute atomic E-state index is 4.32. The number of aryl methyl sites for hydroxylation is 1. The molecule has 4 heteroatoms. The third kappa shape index (κ3) is 4.85. The number of aromatic nitrogens is 2. The van der Waals surface area contributed by atoms with E-state index >= 15 is 0 Å². The lowest BCUT2D eigenvalue weighted by Gasteiger charge is -2.13. The summed E-state index contributed by atoms with van der Waals surface area (Å²) in [5.41, 5.74) is 1.06. The summed E-state index contributed by atoms with van der Waals surface area (Å²) in [5, 5.41) is 3.36. The third-order valence-electron chi connectivity index (χ3n) is 2.35. The average Bonchev–Trinajstić information content (AvgIpc) is 2.24. The zero-order valence-corrected chi connectivity index (χ0v) is 9.82. The molecule has 0 radical (unpaired) electrons. The molecule has 1 aromatic heterocycles. The topological polar surface area (TPSA) is 41.0 Å². The van der Waals surface area contributed by atoms with Gasteiger partial charge in [0.2, 0.25) is 0 Å². The van der Waals surface area contributed by atoms with Gasteiger partial charge in [0.25, 0.3) is 0 Å². The molecule has 0 unspecified atom stereocenters. The van der Waals surface area contributed by atoms with E-state index in [0.717, 1.165) is 37.7 Å². The van der Waals surface area contributed by atoms with Gasteiger partial charge in [0.05, 0.1) is 5.69 Å². The van der Waals surface area contributed by atoms with E-state index in [2.05, 4.69) is 34.2 Å². The molecule has 4 nitrogen and oxygen atoms in total. The highest BCUT2D eigenvalue weighted by Crippen LogP contribution is 1.93. The molecular formula is C11H20N4. The Morgan fingerprint density at radius 2 is 2.27 bits per heavy atom. The Labute approximate surface area is 91.7 Å². The van der Waals surface area contributed by atoms with Crippen LogP contribution in [0.4, 0.5) is 0 Å². The first-order valence-electron chi connectivity index (χ1n) is 5.40. The van der Waals surface area contributed by atoms with Gasteiger partial charge >= 0.3 is 0 Å². The molecule has 1 aromatic rings. The first-order valence-corrected chi connectivity index (χ1v) is 5.40. The lowest BCUT2D eigenvalue weighted by Crippen LogP contribution is -2.29. The largest absolute Gasteiger partial charge is 0.310 e. The fourth-order valence-electron chi connectivity index (χ4n) is 1.25.